The fourth-order valence-electron chi connectivity index (χ4n) is 3.00. The number of rotatable bonds is 10. The van der Waals surface area contributed by atoms with Crippen LogP contribution in [0, 0.1) is 5.92 Å². The lowest BCUT2D eigenvalue weighted by atomic mass is 9.94. The second-order valence-electron chi connectivity index (χ2n) is 7.49. The Kier molecular flexibility index (Phi) is 8.83. The second kappa shape index (κ2) is 10.9. The Balaban J connectivity index is 1.87. The Morgan fingerprint density at radius 3 is 2.58 bits per heavy atom. The molecular formula is C19H27F3N4O4S. The van der Waals surface area contributed by atoms with E-state index in [1.165, 1.54) is 16.4 Å². The largest absolute Gasteiger partial charge is 0.473 e. The van der Waals surface area contributed by atoms with E-state index < -0.39 is 28.4 Å². The van der Waals surface area contributed by atoms with Crippen molar-refractivity contribution in [1.29, 1.82) is 0 Å². The zero-order valence-electron chi connectivity index (χ0n) is 17.2. The Hall–Kier alpha value is -2.18. The van der Waals surface area contributed by atoms with Gasteiger partial charge in [0, 0.05) is 44.6 Å². The lowest BCUT2D eigenvalue weighted by Crippen LogP contribution is -2.40. The summed E-state index contributed by atoms with van der Waals surface area (Å²) in [7, 11) is -3.78. The first-order valence-electron chi connectivity index (χ1n) is 9.77. The van der Waals surface area contributed by atoms with Crippen molar-refractivity contribution in [2.75, 3.05) is 32.8 Å². The molecule has 0 saturated carbocycles. The van der Waals surface area contributed by atoms with E-state index in [1.807, 2.05) is 0 Å². The van der Waals surface area contributed by atoms with Gasteiger partial charge in [-0.1, -0.05) is 0 Å². The molecule has 0 aromatic carbocycles. The smallest absolute Gasteiger partial charge is 0.262 e. The molecule has 12 heteroatoms. The molecule has 1 fully saturated rings. The summed E-state index contributed by atoms with van der Waals surface area (Å²) < 4.78 is 70.3. The standard InChI is InChI=1S/C19H27F3N4O4S/c1-19(21,22)13-25-17(27)8-14-4-6-26(7-5-14)31(28,29)16-2-3-18(24-11-16)30-12-15(9-20)10-23/h2-3,9,11,14H,4-8,10,12-13,23H2,1H3,(H,25,27)/b15-9-. The van der Waals surface area contributed by atoms with Gasteiger partial charge in [0.15, 0.2) is 0 Å². The maximum absolute atomic E-state index is 12.8. The van der Waals surface area contributed by atoms with Gasteiger partial charge in [0.2, 0.25) is 21.8 Å². The summed E-state index contributed by atoms with van der Waals surface area (Å²) in [6.45, 7) is 0.327. The average molecular weight is 465 g/mol. The molecule has 31 heavy (non-hydrogen) atoms. The monoisotopic (exact) mass is 464 g/mol. The number of carbonyl (C=O) groups excluding carboxylic acids is 1. The number of nitrogens with one attached hydrogen (secondary N) is 1. The highest BCUT2D eigenvalue weighted by Gasteiger charge is 2.31. The average Bonchev–Trinajstić information content (AvgIpc) is 2.73. The SMILES string of the molecule is CC(F)(F)CNC(=O)CC1CCN(S(=O)(=O)c2ccc(OC/C(=C\F)CN)nc2)CC1. The summed E-state index contributed by atoms with van der Waals surface area (Å²) in [5.41, 5.74) is 5.57. The van der Waals surface area contributed by atoms with Gasteiger partial charge in [-0.2, -0.15) is 4.31 Å². The summed E-state index contributed by atoms with van der Waals surface area (Å²) in [6.07, 6.45) is 2.49. The minimum absolute atomic E-state index is 0.00827. The molecule has 8 nitrogen and oxygen atoms in total. The summed E-state index contributed by atoms with van der Waals surface area (Å²) in [5, 5.41) is 2.19. The normalized spacial score (nSPS) is 16.9. The first kappa shape index (κ1) is 25.1. The Morgan fingerprint density at radius 1 is 1.39 bits per heavy atom. The van der Waals surface area contributed by atoms with Crippen LogP contribution >= 0.6 is 0 Å². The molecule has 0 atom stereocenters. The number of piperidine rings is 1. The van der Waals surface area contributed by atoms with Gasteiger partial charge in [-0.25, -0.2) is 26.6 Å². The van der Waals surface area contributed by atoms with Crippen LogP contribution in [0.4, 0.5) is 13.2 Å². The lowest BCUT2D eigenvalue weighted by molar-refractivity contribution is -0.123. The third kappa shape index (κ3) is 7.78. The van der Waals surface area contributed by atoms with E-state index in [0.717, 1.165) is 13.1 Å². The maximum Gasteiger partial charge on any atom is 0.262 e. The van der Waals surface area contributed by atoms with Crippen LogP contribution in [0.15, 0.2) is 35.1 Å². The molecule has 0 radical (unpaired) electrons. The van der Waals surface area contributed by atoms with E-state index in [-0.39, 0.29) is 54.9 Å². The molecular weight excluding hydrogens is 437 g/mol. The van der Waals surface area contributed by atoms with Crippen LogP contribution < -0.4 is 15.8 Å². The number of nitrogens with zero attached hydrogens (tertiary/aromatic N) is 2. The van der Waals surface area contributed by atoms with E-state index in [9.17, 15) is 26.4 Å². The van der Waals surface area contributed by atoms with Gasteiger partial charge in [-0.15, -0.1) is 0 Å². The van der Waals surface area contributed by atoms with Gasteiger partial charge in [0.1, 0.15) is 11.5 Å². The number of halogens is 3. The first-order valence-corrected chi connectivity index (χ1v) is 11.2. The number of aromatic nitrogens is 1. The minimum Gasteiger partial charge on any atom is -0.473 e. The quantitative estimate of drug-likeness (QED) is 0.546. The molecule has 1 aliphatic heterocycles. The molecule has 1 aliphatic rings. The van der Waals surface area contributed by atoms with Crippen molar-refractivity contribution in [2.45, 2.75) is 37.0 Å². The van der Waals surface area contributed by atoms with Crippen molar-refractivity contribution in [3.8, 4) is 5.88 Å². The third-order valence-corrected chi connectivity index (χ3v) is 6.69. The molecule has 1 aromatic heterocycles. The Bertz CT molecular complexity index is 865. The number of hydrogen-bond donors (Lipinski definition) is 2. The molecule has 0 unspecified atom stereocenters. The van der Waals surface area contributed by atoms with Crippen LogP contribution in [0.25, 0.3) is 0 Å². The summed E-state index contributed by atoms with van der Waals surface area (Å²) in [5.74, 6) is -3.39. The molecule has 2 rings (SSSR count). The fourth-order valence-corrected chi connectivity index (χ4v) is 4.41. The number of amides is 1. The topological polar surface area (TPSA) is 115 Å². The number of alkyl halides is 2. The molecule has 0 aliphatic carbocycles. The summed E-state index contributed by atoms with van der Waals surface area (Å²) in [4.78, 5) is 15.7. The van der Waals surface area contributed by atoms with Crippen LogP contribution in [-0.2, 0) is 14.8 Å². The van der Waals surface area contributed by atoms with Gasteiger partial charge < -0.3 is 15.8 Å². The van der Waals surface area contributed by atoms with Gasteiger partial charge >= 0.3 is 0 Å². The van der Waals surface area contributed by atoms with E-state index in [2.05, 4.69) is 10.3 Å². The van der Waals surface area contributed by atoms with Crippen LogP contribution in [-0.4, -0.2) is 62.3 Å². The van der Waals surface area contributed by atoms with Crippen molar-refractivity contribution in [2.24, 2.45) is 11.7 Å². The predicted molar refractivity (Wildman–Crippen MR) is 108 cm³/mol. The van der Waals surface area contributed by atoms with E-state index in [0.29, 0.717) is 19.2 Å². The highest BCUT2D eigenvalue weighted by molar-refractivity contribution is 7.89. The van der Waals surface area contributed by atoms with E-state index in [1.54, 1.807) is 0 Å². The number of pyridine rings is 1. The Labute approximate surface area is 179 Å². The van der Waals surface area contributed by atoms with Crippen LogP contribution in [0.2, 0.25) is 0 Å². The molecule has 2 heterocycles. The number of hydrogen-bond acceptors (Lipinski definition) is 6. The molecule has 3 N–H and O–H groups in total. The summed E-state index contributed by atoms with van der Waals surface area (Å²) in [6, 6.07) is 2.73. The minimum atomic E-state index is -3.78. The highest BCUT2D eigenvalue weighted by Crippen LogP contribution is 2.26. The van der Waals surface area contributed by atoms with Crippen molar-refractivity contribution in [3.63, 3.8) is 0 Å². The van der Waals surface area contributed by atoms with Gasteiger partial charge in [-0.05, 0) is 24.8 Å². The van der Waals surface area contributed by atoms with Gasteiger partial charge in [-0.3, -0.25) is 4.79 Å². The summed E-state index contributed by atoms with van der Waals surface area (Å²) >= 11 is 0. The van der Waals surface area contributed by atoms with Crippen molar-refractivity contribution in [3.05, 3.63) is 30.2 Å². The van der Waals surface area contributed by atoms with Gasteiger partial charge in [0.25, 0.3) is 5.92 Å². The molecule has 1 amide bonds. The Morgan fingerprint density at radius 2 is 2.06 bits per heavy atom. The number of carbonyl (C=O) groups is 1. The molecule has 0 spiro atoms. The number of nitrogens with two attached hydrogens (primary N) is 1. The highest BCUT2D eigenvalue weighted by atomic mass is 32.2. The molecule has 1 saturated heterocycles. The van der Waals surface area contributed by atoms with E-state index in [4.69, 9.17) is 10.5 Å². The first-order chi connectivity index (χ1) is 14.5. The van der Waals surface area contributed by atoms with Gasteiger partial charge in [0.05, 0.1) is 19.1 Å². The van der Waals surface area contributed by atoms with Crippen molar-refractivity contribution < 1.29 is 31.1 Å². The molecule has 1 aromatic rings. The molecule has 0 bridgehead atoms. The lowest BCUT2D eigenvalue weighted by Gasteiger charge is -2.31. The predicted octanol–water partition coefficient (Wildman–Crippen LogP) is 1.83. The second-order valence-corrected chi connectivity index (χ2v) is 9.43. The van der Waals surface area contributed by atoms with Crippen LogP contribution in [0.3, 0.4) is 0 Å². The third-order valence-electron chi connectivity index (χ3n) is 4.81. The molecule has 174 valence electrons. The van der Waals surface area contributed by atoms with Crippen LogP contribution in [0.5, 0.6) is 5.88 Å². The van der Waals surface area contributed by atoms with Crippen molar-refractivity contribution >= 4 is 15.9 Å². The van der Waals surface area contributed by atoms with Crippen LogP contribution in [0.1, 0.15) is 26.2 Å². The maximum atomic E-state index is 12.8. The zero-order chi connectivity index (χ0) is 23.1. The fraction of sp³-hybridized carbons (Fsp3) is 0.579. The van der Waals surface area contributed by atoms with E-state index >= 15 is 0 Å². The zero-order valence-corrected chi connectivity index (χ0v) is 18.0. The van der Waals surface area contributed by atoms with Crippen molar-refractivity contribution in [1.82, 2.24) is 14.6 Å². The number of ether oxygens (including phenoxy) is 1. The number of sulfonamides is 1.